The van der Waals surface area contributed by atoms with Gasteiger partial charge in [0.15, 0.2) is 0 Å². The molecule has 1 N–H and O–H groups in total. The Morgan fingerprint density at radius 2 is 2.08 bits per heavy atom. The lowest BCUT2D eigenvalue weighted by Gasteiger charge is -2.49. The number of amides is 1. The van der Waals surface area contributed by atoms with Crippen LogP contribution in [0.1, 0.15) is 30.5 Å². The van der Waals surface area contributed by atoms with Gasteiger partial charge in [0, 0.05) is 64.5 Å². The first-order valence-corrected chi connectivity index (χ1v) is 9.35. The van der Waals surface area contributed by atoms with Crippen molar-refractivity contribution in [2.75, 3.05) is 46.4 Å². The van der Waals surface area contributed by atoms with Crippen molar-refractivity contribution >= 4 is 5.91 Å². The number of β-amino-alcohol motifs (C(OH)–C–C–N with tert-alkyl or cyclic N) is 1. The van der Waals surface area contributed by atoms with Gasteiger partial charge in [-0.3, -0.25) is 14.6 Å². The monoisotopic (exact) mass is 359 g/mol. The van der Waals surface area contributed by atoms with Gasteiger partial charge in [-0.2, -0.15) is 5.26 Å². The zero-order chi connectivity index (χ0) is 18.7. The molecule has 2 saturated heterocycles. The van der Waals surface area contributed by atoms with Crippen LogP contribution in [-0.2, 0) is 18.4 Å². The van der Waals surface area contributed by atoms with Gasteiger partial charge in [-0.05, 0) is 31.5 Å². The molecule has 1 atom stereocenters. The molecule has 0 aliphatic carbocycles. The third-order valence-electron chi connectivity index (χ3n) is 6.04. The van der Waals surface area contributed by atoms with Crippen LogP contribution >= 0.6 is 0 Å². The maximum atomic E-state index is 12.3. The Labute approximate surface area is 155 Å². The van der Waals surface area contributed by atoms with Gasteiger partial charge in [0.05, 0.1) is 6.61 Å². The average molecular weight is 359 g/mol. The van der Waals surface area contributed by atoms with Crippen LogP contribution < -0.4 is 0 Å². The maximum absolute atomic E-state index is 12.3. The molecule has 1 spiro atoms. The number of nitriles is 1. The van der Waals surface area contributed by atoms with Gasteiger partial charge in [-0.15, -0.1) is 0 Å². The molecule has 7 nitrogen and oxygen atoms in total. The minimum Gasteiger partial charge on any atom is -0.395 e. The van der Waals surface area contributed by atoms with Crippen LogP contribution in [-0.4, -0.2) is 82.2 Å². The summed E-state index contributed by atoms with van der Waals surface area (Å²) >= 11 is 0. The summed E-state index contributed by atoms with van der Waals surface area (Å²) in [5, 5.41) is 18.3. The second kappa shape index (κ2) is 7.78. The van der Waals surface area contributed by atoms with E-state index < -0.39 is 0 Å². The fraction of sp³-hybridized carbons (Fsp3) is 0.684. The van der Waals surface area contributed by atoms with E-state index in [2.05, 4.69) is 22.9 Å². The minimum atomic E-state index is 0.00492. The van der Waals surface area contributed by atoms with E-state index in [0.717, 1.165) is 44.6 Å². The van der Waals surface area contributed by atoms with E-state index in [-0.39, 0.29) is 18.1 Å². The van der Waals surface area contributed by atoms with Gasteiger partial charge in [0.2, 0.25) is 5.91 Å². The van der Waals surface area contributed by atoms with Crippen molar-refractivity contribution in [3.8, 4) is 6.07 Å². The Morgan fingerprint density at radius 1 is 1.27 bits per heavy atom. The fourth-order valence-corrected chi connectivity index (χ4v) is 4.36. The van der Waals surface area contributed by atoms with E-state index in [1.165, 1.54) is 0 Å². The largest absolute Gasteiger partial charge is 0.395 e. The third kappa shape index (κ3) is 3.78. The Balaban J connectivity index is 1.71. The number of likely N-dealkylation sites (tertiary alicyclic amines) is 1. The van der Waals surface area contributed by atoms with E-state index in [0.29, 0.717) is 25.2 Å². The number of aliphatic hydroxyl groups is 1. The summed E-state index contributed by atoms with van der Waals surface area (Å²) in [6.07, 6.45) is 4.37. The Bertz CT molecular complexity index is 695. The van der Waals surface area contributed by atoms with Gasteiger partial charge < -0.3 is 14.6 Å². The molecule has 2 aliphatic heterocycles. The van der Waals surface area contributed by atoms with Crippen molar-refractivity contribution in [2.24, 2.45) is 7.05 Å². The summed E-state index contributed by atoms with van der Waals surface area (Å²) in [4.78, 5) is 19.0. The quantitative estimate of drug-likeness (QED) is 0.842. The zero-order valence-electron chi connectivity index (χ0n) is 15.8. The molecule has 26 heavy (non-hydrogen) atoms. The molecule has 0 bridgehead atoms. The standard InChI is InChI=1S/C19H29N5O2/c1-21-13-16(11-17(21)12-20)14-23-8-7-22(2)19(15-23)4-3-18(26)24(6-5-19)9-10-25/h11,13,25H,3-10,14-15H2,1-2H3. The number of piperazine rings is 1. The van der Waals surface area contributed by atoms with Crippen LogP contribution in [0.15, 0.2) is 12.3 Å². The number of aryl methyl sites for hydroxylation is 1. The highest BCUT2D eigenvalue weighted by atomic mass is 16.3. The van der Waals surface area contributed by atoms with Gasteiger partial charge in [-0.25, -0.2) is 0 Å². The lowest BCUT2D eigenvalue weighted by molar-refractivity contribution is -0.131. The molecule has 0 radical (unpaired) electrons. The van der Waals surface area contributed by atoms with Crippen molar-refractivity contribution in [3.63, 3.8) is 0 Å². The van der Waals surface area contributed by atoms with Gasteiger partial charge in [0.25, 0.3) is 0 Å². The highest BCUT2D eigenvalue weighted by Gasteiger charge is 2.42. The van der Waals surface area contributed by atoms with Crippen LogP contribution in [0.2, 0.25) is 0 Å². The predicted octanol–water partition coefficient (Wildman–Crippen LogP) is 0.388. The number of carbonyl (C=O) groups is 1. The molecular formula is C19H29N5O2. The van der Waals surface area contributed by atoms with Gasteiger partial charge in [-0.1, -0.05) is 0 Å². The van der Waals surface area contributed by atoms with Crippen molar-refractivity contribution in [1.29, 1.82) is 5.26 Å². The molecule has 142 valence electrons. The number of nitrogens with zero attached hydrogens (tertiary/aromatic N) is 5. The first-order valence-electron chi connectivity index (χ1n) is 9.35. The van der Waals surface area contributed by atoms with E-state index in [9.17, 15) is 9.90 Å². The molecule has 1 aromatic rings. The van der Waals surface area contributed by atoms with Crippen LogP contribution in [0.5, 0.6) is 0 Å². The van der Waals surface area contributed by atoms with Gasteiger partial charge in [0.1, 0.15) is 11.8 Å². The van der Waals surface area contributed by atoms with Gasteiger partial charge >= 0.3 is 0 Å². The topological polar surface area (TPSA) is 75.7 Å². The second-order valence-electron chi connectivity index (χ2n) is 7.67. The molecule has 1 amide bonds. The van der Waals surface area contributed by atoms with Crippen LogP contribution in [0, 0.1) is 11.3 Å². The van der Waals surface area contributed by atoms with Crippen LogP contribution in [0.3, 0.4) is 0 Å². The molecule has 0 aromatic carbocycles. The molecule has 0 saturated carbocycles. The summed E-state index contributed by atoms with van der Waals surface area (Å²) in [7, 11) is 4.07. The molecule has 3 rings (SSSR count). The normalized spacial score (nSPS) is 25.5. The smallest absolute Gasteiger partial charge is 0.222 e. The maximum Gasteiger partial charge on any atom is 0.222 e. The number of hydrogen-bond donors (Lipinski definition) is 1. The predicted molar refractivity (Wildman–Crippen MR) is 98.3 cm³/mol. The van der Waals surface area contributed by atoms with E-state index in [1.54, 1.807) is 4.90 Å². The Kier molecular flexibility index (Phi) is 5.66. The Morgan fingerprint density at radius 3 is 2.77 bits per heavy atom. The van der Waals surface area contributed by atoms with Crippen molar-refractivity contribution < 1.29 is 9.90 Å². The molecule has 7 heteroatoms. The summed E-state index contributed by atoms with van der Waals surface area (Å²) < 4.78 is 1.87. The van der Waals surface area contributed by atoms with Crippen LogP contribution in [0.25, 0.3) is 0 Å². The highest BCUT2D eigenvalue weighted by Crippen LogP contribution is 2.32. The third-order valence-corrected chi connectivity index (χ3v) is 6.04. The SMILES string of the molecule is CN1CCN(Cc2cc(C#N)n(C)c2)CC12CCC(=O)N(CCO)CC2. The first kappa shape index (κ1) is 18.9. The number of aromatic nitrogens is 1. The van der Waals surface area contributed by atoms with Crippen molar-refractivity contribution in [2.45, 2.75) is 31.3 Å². The lowest BCUT2D eigenvalue weighted by atomic mass is 9.86. The van der Waals surface area contributed by atoms with Crippen molar-refractivity contribution in [3.05, 3.63) is 23.5 Å². The molecule has 3 heterocycles. The lowest BCUT2D eigenvalue weighted by Crippen LogP contribution is -2.60. The summed E-state index contributed by atoms with van der Waals surface area (Å²) in [5.41, 5.74) is 1.85. The van der Waals surface area contributed by atoms with E-state index >= 15 is 0 Å². The number of hydrogen-bond acceptors (Lipinski definition) is 5. The highest BCUT2D eigenvalue weighted by molar-refractivity contribution is 5.76. The number of carbonyl (C=O) groups excluding carboxylic acids is 1. The van der Waals surface area contributed by atoms with Crippen molar-refractivity contribution in [1.82, 2.24) is 19.3 Å². The molecular weight excluding hydrogens is 330 g/mol. The molecule has 1 aromatic heterocycles. The summed E-state index contributed by atoms with van der Waals surface area (Å²) in [6, 6.07) is 4.18. The Hall–Kier alpha value is -1.88. The number of aliphatic hydroxyl groups excluding tert-OH is 1. The number of rotatable bonds is 4. The molecule has 2 fully saturated rings. The first-order chi connectivity index (χ1) is 12.5. The minimum absolute atomic E-state index is 0.00492. The molecule has 2 aliphatic rings. The van der Waals surface area contributed by atoms with E-state index in [1.807, 2.05) is 23.9 Å². The van der Waals surface area contributed by atoms with Crippen LogP contribution in [0.4, 0.5) is 0 Å². The average Bonchev–Trinajstić information content (AvgIpc) is 2.90. The fourth-order valence-electron chi connectivity index (χ4n) is 4.36. The van der Waals surface area contributed by atoms with E-state index in [4.69, 9.17) is 5.26 Å². The second-order valence-corrected chi connectivity index (χ2v) is 7.67. The number of likely N-dealkylation sites (N-methyl/N-ethyl adjacent to an activating group) is 1. The molecule has 1 unspecified atom stereocenters. The summed E-state index contributed by atoms with van der Waals surface area (Å²) in [5.74, 6) is 0.156. The summed E-state index contributed by atoms with van der Waals surface area (Å²) in [6.45, 7) is 4.90. The zero-order valence-corrected chi connectivity index (χ0v) is 15.8.